The van der Waals surface area contributed by atoms with Crippen LogP contribution in [0.5, 0.6) is 5.75 Å². The number of aromatic amines is 1. The van der Waals surface area contributed by atoms with Gasteiger partial charge in [-0.1, -0.05) is 85.6 Å². The van der Waals surface area contributed by atoms with Crippen LogP contribution in [0.2, 0.25) is 0 Å². The Balaban J connectivity index is 1.44. The smallest absolute Gasteiger partial charge is 0.305 e. The lowest BCUT2D eigenvalue weighted by Gasteiger charge is -2.31. The molecule has 6 rings (SSSR count). The third kappa shape index (κ3) is 25.6. The molecule has 22 N–H and O–H groups in total. The van der Waals surface area contributed by atoms with Gasteiger partial charge in [0, 0.05) is 54.3 Å². The van der Waals surface area contributed by atoms with E-state index in [1.165, 1.54) is 48.6 Å². The van der Waals surface area contributed by atoms with Gasteiger partial charge in [0.15, 0.2) is 0 Å². The average Bonchev–Trinajstić information content (AvgIpc) is 1.76. The van der Waals surface area contributed by atoms with E-state index in [0.29, 0.717) is 29.7 Å². The fourth-order valence-corrected chi connectivity index (χ4v) is 14.9. The molecule has 3 saturated heterocycles. The molecule has 3 fully saturated rings. The van der Waals surface area contributed by atoms with Crippen LogP contribution >= 0.6 is 43.2 Å². The highest BCUT2D eigenvalue weighted by Crippen LogP contribution is 2.27. The van der Waals surface area contributed by atoms with E-state index < -0.39 is 192 Å². The van der Waals surface area contributed by atoms with Crippen molar-refractivity contribution in [2.45, 2.75) is 144 Å². The third-order valence-corrected chi connectivity index (χ3v) is 20.4. The van der Waals surface area contributed by atoms with Crippen molar-refractivity contribution < 1.29 is 82.1 Å². The zero-order valence-corrected chi connectivity index (χ0v) is 56.9. The Morgan fingerprint density at radius 1 is 0.636 bits per heavy atom. The first-order chi connectivity index (χ1) is 47.2. The first-order valence-electron chi connectivity index (χ1n) is 31.3. The minimum absolute atomic E-state index is 0.00204. The summed E-state index contributed by atoms with van der Waals surface area (Å²) >= 11 is 0. The molecule has 14 amide bonds. The number of aromatic hydroxyl groups is 1. The molecule has 35 nitrogen and oxygen atoms in total. The van der Waals surface area contributed by atoms with E-state index >= 15 is 0 Å². The summed E-state index contributed by atoms with van der Waals surface area (Å²) in [6.07, 6.45) is 0.808. The zero-order chi connectivity index (χ0) is 72.3. The minimum Gasteiger partial charge on any atom is -0.508 e. The lowest BCUT2D eigenvalue weighted by Crippen LogP contribution is -2.61. The molecule has 0 radical (unpaired) electrons. The number of aromatic nitrogens is 2. The molecule has 99 heavy (non-hydrogen) atoms. The predicted octanol–water partition coefficient (Wildman–Crippen LogP) is -5.80. The monoisotopic (exact) mass is 1450 g/mol. The average molecular weight is 1460 g/mol. The number of benzene rings is 2. The van der Waals surface area contributed by atoms with Crippen molar-refractivity contribution in [3.05, 3.63) is 83.9 Å². The molecule has 1 aromatic heterocycles. The maximum atomic E-state index is 14.9. The van der Waals surface area contributed by atoms with E-state index in [1.807, 2.05) is 0 Å². The number of nitrogens with zero attached hydrogens (tertiary/aromatic N) is 2. The van der Waals surface area contributed by atoms with E-state index in [0.717, 1.165) is 43.2 Å². The van der Waals surface area contributed by atoms with Crippen LogP contribution in [0.1, 0.15) is 68.7 Å². The second-order valence-electron chi connectivity index (χ2n) is 23.3. The fourth-order valence-electron chi connectivity index (χ4n) is 10.2. The molecular weight excluding hydrogens is 1370 g/mol. The number of rotatable bonds is 17. The van der Waals surface area contributed by atoms with Crippen LogP contribution in [0, 0.1) is 0 Å². The summed E-state index contributed by atoms with van der Waals surface area (Å²) in [6, 6.07) is -5.12. The van der Waals surface area contributed by atoms with Crippen molar-refractivity contribution >= 4 is 132 Å². The number of hydrogen-bond donors (Lipinski definition) is 18. The number of carboxylic acids is 1. The van der Waals surface area contributed by atoms with Crippen LogP contribution in [0.3, 0.4) is 0 Å². The molecule has 3 aliphatic heterocycles. The maximum Gasteiger partial charge on any atom is 0.305 e. The van der Waals surface area contributed by atoms with Gasteiger partial charge >= 0.3 is 5.97 Å². The lowest BCUT2D eigenvalue weighted by molar-refractivity contribution is -0.142. The number of H-pyrrole nitrogens is 1. The molecule has 0 spiro atoms. The van der Waals surface area contributed by atoms with Gasteiger partial charge in [-0.3, -0.25) is 71.9 Å². The number of aliphatic carboxylic acids is 1. The number of carbonyl (C=O) groups is 15. The van der Waals surface area contributed by atoms with Gasteiger partial charge in [-0.2, -0.15) is 0 Å². The summed E-state index contributed by atoms with van der Waals surface area (Å²) in [5.74, 6) is -17.5. The van der Waals surface area contributed by atoms with Crippen molar-refractivity contribution in [1.29, 1.82) is 0 Å². The van der Waals surface area contributed by atoms with Crippen LogP contribution in [0.25, 0.3) is 0 Å². The normalized spacial score (nSPS) is 25.6. The molecular formula is C60H82N18O17S4. The molecule has 3 aliphatic rings. The number of imidazole rings is 1. The number of unbranched alkanes of at least 4 members (excludes halogenated alkanes) is 1. The first-order valence-corrected chi connectivity index (χ1v) is 36.3. The Morgan fingerprint density at radius 2 is 1.24 bits per heavy atom. The van der Waals surface area contributed by atoms with E-state index in [2.05, 4.69) is 68.5 Å². The van der Waals surface area contributed by atoms with Crippen molar-refractivity contribution in [3.8, 4) is 5.75 Å². The standard InChI is InChI=1S/C60H82N18O17S4/c1-30-50(85)75-42-26-97-99-27-43(76-51(86)35(62)18-32-12-14-34(79)15-13-32)58(93)77-44(57(92)73-40(20-33-23-65-29-67-33)60(95)78-17-7-11-45(78)59(94)68-30)28-98-96-25-41(49(64)84)74-56(91)39(22-48(82)83)72-54(89)37(19-31-8-3-2-4-9-31)70-55(90)38(21-46(63)80)71-53(88)36(10-5-6-16-61)69-47(81)24-66-52(42)87/h2-4,8-9,12-15,23,29-30,35-45,79H,5-7,10-11,16-22,24-28,61-62H2,1H3,(H2,63,80)(H2,64,84)(H,65,67)(H,66,87)(H,68,94)(H,69,81)(H,70,90)(H,71,88)(H,72,89)(H,73,92)(H,74,91)(H,75,85)(H,76,86)(H,77,93)(H,82,83)/t30-,35-,36-,37-,38-,39-,40-,41-,42-,43-,44-,45-/m0/s1. The van der Waals surface area contributed by atoms with Crippen LogP contribution < -0.4 is 81.4 Å². The van der Waals surface area contributed by atoms with E-state index in [1.54, 1.807) is 30.3 Å². The lowest BCUT2D eigenvalue weighted by atomic mass is 10.0. The molecule has 2 bridgehead atoms. The first kappa shape index (κ1) is 78.8. The predicted molar refractivity (Wildman–Crippen MR) is 363 cm³/mol. The van der Waals surface area contributed by atoms with Gasteiger partial charge in [-0.15, -0.1) is 0 Å². The quantitative estimate of drug-likeness (QED) is 0.0442. The van der Waals surface area contributed by atoms with Crippen molar-refractivity contribution in [2.24, 2.45) is 22.9 Å². The van der Waals surface area contributed by atoms with Gasteiger partial charge in [-0.05, 0) is 75.3 Å². The summed E-state index contributed by atoms with van der Waals surface area (Å²) < 4.78 is 0. The number of fused-ring (bicyclic) bond motifs is 9. The number of carbonyl (C=O) groups excluding carboxylic acids is 14. The Hall–Kier alpha value is -9.18. The van der Waals surface area contributed by atoms with Gasteiger partial charge in [-0.25, -0.2) is 4.98 Å². The van der Waals surface area contributed by atoms with Crippen LogP contribution in [-0.4, -0.2) is 229 Å². The molecule has 0 unspecified atom stereocenters. The second kappa shape index (κ2) is 39.4. The summed E-state index contributed by atoms with van der Waals surface area (Å²) in [7, 11) is 3.43. The van der Waals surface area contributed by atoms with E-state index in [4.69, 9.17) is 22.9 Å². The topological polar surface area (TPSA) is 565 Å². The van der Waals surface area contributed by atoms with Gasteiger partial charge in [0.2, 0.25) is 82.7 Å². The SMILES string of the molecule is C[C@@H]1NC(=O)[C@@H]2CCCN2C(=O)[C@H](Cc2cnc[nH]2)NC(=O)[C@@H]2CSSC[C@@H](C(N)=O)NC(=O)[C@H](CC(=O)O)NC(=O)[C@H](Cc3ccccc3)NC(=O)[C@H](CC(N)=O)NC(=O)[C@H](CCCCN)NC(=O)CNC(=O)[C@H](CSSC[C@H](NC(=O)[C@@H](N)Cc3ccc(O)cc3)C(=O)N2)NC1=O. The molecule has 538 valence electrons. The number of hydrogen-bond acceptors (Lipinski definition) is 23. The molecule has 0 saturated carbocycles. The summed E-state index contributed by atoms with van der Waals surface area (Å²) in [5.41, 5.74) is 24.7. The highest BCUT2D eigenvalue weighted by molar-refractivity contribution is 8.77. The van der Waals surface area contributed by atoms with Gasteiger partial charge < -0.3 is 102 Å². The molecule has 2 aromatic carbocycles. The zero-order valence-electron chi connectivity index (χ0n) is 53.7. The summed E-state index contributed by atoms with van der Waals surface area (Å²) in [5, 5.41) is 47.4. The number of nitrogens with one attached hydrogen (secondary N) is 12. The van der Waals surface area contributed by atoms with Gasteiger partial charge in [0.05, 0.1) is 31.8 Å². The van der Waals surface area contributed by atoms with Gasteiger partial charge in [0.25, 0.3) is 0 Å². The highest BCUT2D eigenvalue weighted by atomic mass is 33.1. The number of primary amides is 2. The van der Waals surface area contributed by atoms with Crippen LogP contribution in [0.4, 0.5) is 0 Å². The molecule has 39 heteroatoms. The third-order valence-electron chi connectivity index (χ3n) is 15.6. The van der Waals surface area contributed by atoms with Crippen LogP contribution in [0.15, 0.2) is 67.1 Å². The molecule has 4 heterocycles. The van der Waals surface area contributed by atoms with E-state index in [9.17, 15) is 82.1 Å². The number of phenolic OH excluding ortho intramolecular Hbond substituents is 1. The Kier molecular flexibility index (Phi) is 31.4. The number of phenols is 1. The second-order valence-corrected chi connectivity index (χ2v) is 28.4. The van der Waals surface area contributed by atoms with Crippen molar-refractivity contribution in [1.82, 2.24) is 73.4 Å². The number of amides is 14. The molecule has 3 aromatic rings. The highest BCUT2D eigenvalue weighted by Gasteiger charge is 2.41. The maximum absolute atomic E-state index is 14.9. The van der Waals surface area contributed by atoms with Crippen molar-refractivity contribution in [3.63, 3.8) is 0 Å². The Bertz CT molecular complexity index is 3380. The molecule has 0 aliphatic carbocycles. The summed E-state index contributed by atoms with van der Waals surface area (Å²) in [4.78, 5) is 218. The fraction of sp³-hybridized carbons (Fsp3) is 0.500. The number of carboxylic acid groups (broad SMARTS) is 1. The van der Waals surface area contributed by atoms with Gasteiger partial charge in [0.1, 0.15) is 72.2 Å². The molecule has 12 atom stereocenters. The largest absolute Gasteiger partial charge is 0.508 e. The minimum atomic E-state index is -1.99. The van der Waals surface area contributed by atoms with Crippen molar-refractivity contribution in [2.75, 3.05) is 42.6 Å². The van der Waals surface area contributed by atoms with Crippen LogP contribution in [-0.2, 0) is 91.2 Å². The van der Waals surface area contributed by atoms with E-state index in [-0.39, 0.29) is 68.9 Å². The Labute approximate surface area is 583 Å². The summed E-state index contributed by atoms with van der Waals surface area (Å²) in [6.45, 7) is 0.595. The Morgan fingerprint density at radius 3 is 1.89 bits per heavy atom. The number of nitrogens with two attached hydrogens (primary N) is 4.